The number of benzene rings is 1. The van der Waals surface area contributed by atoms with Gasteiger partial charge in [-0.15, -0.1) is 0 Å². The fourth-order valence-electron chi connectivity index (χ4n) is 5.89. The van der Waals surface area contributed by atoms with Gasteiger partial charge < -0.3 is 5.32 Å². The number of carbonyl (C=O) groups excluding carboxylic acids is 1. The lowest BCUT2D eigenvalue weighted by Crippen LogP contribution is -2.50. The summed E-state index contributed by atoms with van der Waals surface area (Å²) >= 11 is 6.07. The van der Waals surface area contributed by atoms with Gasteiger partial charge in [0.05, 0.1) is 6.54 Å². The first-order valence-electron chi connectivity index (χ1n) is 11.2. The number of hydrazone groups is 1. The van der Waals surface area contributed by atoms with E-state index in [0.29, 0.717) is 12.5 Å². The first kappa shape index (κ1) is 20.7. The molecule has 4 atom stereocenters. The molecule has 5 heteroatoms. The monoisotopic (exact) mass is 415 g/mol. The van der Waals surface area contributed by atoms with Crippen molar-refractivity contribution >= 4 is 23.3 Å². The second kappa shape index (κ2) is 7.61. The van der Waals surface area contributed by atoms with Gasteiger partial charge in [-0.3, -0.25) is 0 Å². The van der Waals surface area contributed by atoms with Crippen molar-refractivity contribution in [2.45, 2.75) is 78.2 Å². The van der Waals surface area contributed by atoms with Gasteiger partial charge in [-0.25, -0.2) is 9.80 Å². The Bertz CT molecular complexity index is 803. The number of amides is 2. The lowest BCUT2D eigenvalue weighted by molar-refractivity contribution is 0.118. The Morgan fingerprint density at radius 2 is 2.00 bits per heavy atom. The highest BCUT2D eigenvalue weighted by Gasteiger charge is 2.61. The van der Waals surface area contributed by atoms with Crippen LogP contribution in [-0.2, 0) is 0 Å². The number of rotatable bonds is 5. The molecule has 1 aromatic rings. The molecule has 1 N–H and O–H groups in total. The predicted octanol–water partition coefficient (Wildman–Crippen LogP) is 6.21. The molecule has 2 fully saturated rings. The number of nitrogens with one attached hydrogen (secondary N) is 1. The van der Waals surface area contributed by atoms with Crippen molar-refractivity contribution in [3.63, 3.8) is 0 Å². The molecular weight excluding hydrogens is 382 g/mol. The largest absolute Gasteiger partial charge is 0.338 e. The molecule has 4 nitrogen and oxygen atoms in total. The SMILES string of the molecule is CCCCC1=NN(C(=O)N[C@H]2C[C@H]3CC[C@]2(C)C3(C)C)C[C@H]1c1ccc(Cl)cc1. The number of unbranched alkanes of at least 4 members (excludes halogenated alkanes) is 1. The maximum Gasteiger partial charge on any atom is 0.338 e. The van der Waals surface area contributed by atoms with E-state index in [-0.39, 0.29) is 28.8 Å². The fourth-order valence-corrected chi connectivity index (χ4v) is 6.02. The third kappa shape index (κ3) is 3.48. The van der Waals surface area contributed by atoms with Gasteiger partial charge in [0.25, 0.3) is 0 Å². The van der Waals surface area contributed by atoms with Gasteiger partial charge in [-0.1, -0.05) is 57.8 Å². The van der Waals surface area contributed by atoms with Gasteiger partial charge in [0.2, 0.25) is 0 Å². The van der Waals surface area contributed by atoms with Crippen molar-refractivity contribution in [1.29, 1.82) is 0 Å². The average molecular weight is 416 g/mol. The molecule has 1 heterocycles. The van der Waals surface area contributed by atoms with Gasteiger partial charge in [0.1, 0.15) is 0 Å². The molecule has 0 radical (unpaired) electrons. The van der Waals surface area contributed by atoms with Crippen molar-refractivity contribution in [1.82, 2.24) is 10.3 Å². The molecule has 3 aliphatic rings. The summed E-state index contributed by atoms with van der Waals surface area (Å²) in [7, 11) is 0. The van der Waals surface area contributed by atoms with Crippen molar-refractivity contribution in [2.75, 3.05) is 6.54 Å². The van der Waals surface area contributed by atoms with E-state index in [2.05, 4.69) is 45.1 Å². The van der Waals surface area contributed by atoms with Gasteiger partial charge in [0, 0.05) is 22.7 Å². The average Bonchev–Trinajstić information content (AvgIpc) is 3.26. The molecular formula is C24H34ClN3O. The summed E-state index contributed by atoms with van der Waals surface area (Å²) in [6, 6.07) is 8.19. The number of urea groups is 1. The van der Waals surface area contributed by atoms with E-state index in [1.54, 1.807) is 5.01 Å². The van der Waals surface area contributed by atoms with Crippen LogP contribution in [0.5, 0.6) is 0 Å². The first-order valence-corrected chi connectivity index (χ1v) is 11.5. The van der Waals surface area contributed by atoms with Crippen molar-refractivity contribution in [2.24, 2.45) is 21.8 Å². The van der Waals surface area contributed by atoms with E-state index in [4.69, 9.17) is 16.7 Å². The molecule has 2 amide bonds. The second-order valence-corrected chi connectivity index (χ2v) is 10.4. The second-order valence-electron chi connectivity index (χ2n) is 9.99. The van der Waals surface area contributed by atoms with Crippen molar-refractivity contribution < 1.29 is 4.79 Å². The molecule has 4 rings (SSSR count). The minimum absolute atomic E-state index is 0.0370. The maximum absolute atomic E-state index is 13.2. The maximum atomic E-state index is 13.2. The lowest BCUT2D eigenvalue weighted by atomic mass is 9.69. The molecule has 2 aliphatic carbocycles. The Labute approximate surface area is 180 Å². The number of nitrogens with zero attached hydrogens (tertiary/aromatic N) is 2. The van der Waals surface area contributed by atoms with Crippen molar-refractivity contribution in [3.8, 4) is 0 Å². The van der Waals surface area contributed by atoms with Crippen LogP contribution in [0, 0.1) is 16.7 Å². The summed E-state index contributed by atoms with van der Waals surface area (Å²) in [6.45, 7) is 9.92. The zero-order valence-electron chi connectivity index (χ0n) is 18.2. The van der Waals surface area contributed by atoms with Crippen LogP contribution in [0.4, 0.5) is 4.79 Å². The third-order valence-corrected chi connectivity index (χ3v) is 8.64. The zero-order chi connectivity index (χ0) is 20.8. The summed E-state index contributed by atoms with van der Waals surface area (Å²) in [6.07, 6.45) is 6.73. The topological polar surface area (TPSA) is 44.7 Å². The highest BCUT2D eigenvalue weighted by molar-refractivity contribution is 6.30. The van der Waals surface area contributed by atoms with Crippen LogP contribution in [0.1, 0.15) is 77.7 Å². The minimum atomic E-state index is -0.0370. The molecule has 29 heavy (non-hydrogen) atoms. The first-order chi connectivity index (χ1) is 13.8. The smallest absolute Gasteiger partial charge is 0.333 e. The molecule has 1 aromatic carbocycles. The highest BCUT2D eigenvalue weighted by Crippen LogP contribution is 2.65. The van der Waals surface area contributed by atoms with Crippen LogP contribution in [0.15, 0.2) is 29.4 Å². The van der Waals surface area contributed by atoms with E-state index >= 15 is 0 Å². The summed E-state index contributed by atoms with van der Waals surface area (Å²) in [5.74, 6) is 0.874. The Morgan fingerprint density at radius 1 is 1.28 bits per heavy atom. The number of hydrogen-bond donors (Lipinski definition) is 1. The number of halogens is 1. The fraction of sp³-hybridized carbons (Fsp3) is 0.667. The number of hydrogen-bond acceptors (Lipinski definition) is 2. The van der Waals surface area contributed by atoms with E-state index in [1.807, 2.05) is 12.1 Å². The summed E-state index contributed by atoms with van der Waals surface area (Å²) in [5.41, 5.74) is 2.77. The van der Waals surface area contributed by atoms with Gasteiger partial charge in [-0.05, 0) is 66.5 Å². The Hall–Kier alpha value is -1.55. The Balaban J connectivity index is 1.49. The molecule has 2 bridgehead atoms. The van der Waals surface area contributed by atoms with Crippen LogP contribution in [-0.4, -0.2) is 29.3 Å². The summed E-state index contributed by atoms with van der Waals surface area (Å²) in [4.78, 5) is 13.2. The van der Waals surface area contributed by atoms with Gasteiger partial charge >= 0.3 is 6.03 Å². The van der Waals surface area contributed by atoms with E-state index in [0.717, 1.165) is 36.4 Å². The third-order valence-electron chi connectivity index (χ3n) is 8.39. The molecule has 0 saturated heterocycles. The molecule has 0 aromatic heterocycles. The van der Waals surface area contributed by atoms with Crippen LogP contribution in [0.3, 0.4) is 0 Å². The highest BCUT2D eigenvalue weighted by atomic mass is 35.5. The Kier molecular flexibility index (Phi) is 5.43. The summed E-state index contributed by atoms with van der Waals surface area (Å²) in [5, 5.41) is 10.5. The van der Waals surface area contributed by atoms with E-state index < -0.39 is 0 Å². The lowest BCUT2D eigenvalue weighted by Gasteiger charge is -2.39. The van der Waals surface area contributed by atoms with Crippen LogP contribution >= 0.6 is 11.6 Å². The van der Waals surface area contributed by atoms with E-state index in [9.17, 15) is 4.79 Å². The molecule has 0 unspecified atom stereocenters. The molecule has 1 aliphatic heterocycles. The normalized spacial score (nSPS) is 32.5. The number of fused-ring (bicyclic) bond motifs is 2. The zero-order valence-corrected chi connectivity index (χ0v) is 18.9. The number of carbonyl (C=O) groups is 1. The van der Waals surface area contributed by atoms with Crippen LogP contribution < -0.4 is 5.32 Å². The minimum Gasteiger partial charge on any atom is -0.333 e. The van der Waals surface area contributed by atoms with Gasteiger partial charge in [0.15, 0.2) is 0 Å². The van der Waals surface area contributed by atoms with Gasteiger partial charge in [-0.2, -0.15) is 5.10 Å². The van der Waals surface area contributed by atoms with E-state index in [1.165, 1.54) is 18.4 Å². The molecule has 2 saturated carbocycles. The summed E-state index contributed by atoms with van der Waals surface area (Å²) < 4.78 is 0. The quantitative estimate of drug-likeness (QED) is 0.610. The predicted molar refractivity (Wildman–Crippen MR) is 119 cm³/mol. The standard InChI is InChI=1S/C24H34ClN3O/c1-5-6-7-20-19(16-8-10-18(25)11-9-16)15-28(27-20)22(29)26-21-14-17-12-13-24(21,4)23(17,2)3/h8-11,17,19,21H,5-7,12-15H2,1-4H3,(H,26,29)/t17-,19+,21+,24+/m1/s1. The molecule has 158 valence electrons. The van der Waals surface area contributed by atoms with Crippen LogP contribution in [0.2, 0.25) is 5.02 Å². The van der Waals surface area contributed by atoms with Crippen LogP contribution in [0.25, 0.3) is 0 Å². The molecule has 0 spiro atoms. The Morgan fingerprint density at radius 3 is 2.59 bits per heavy atom. The van der Waals surface area contributed by atoms with Crippen molar-refractivity contribution in [3.05, 3.63) is 34.9 Å².